The maximum absolute atomic E-state index is 4.90. The lowest BCUT2D eigenvalue weighted by Gasteiger charge is -2.23. The zero-order chi connectivity index (χ0) is 15.4. The predicted octanol–water partition coefficient (Wildman–Crippen LogP) is 5.41. The van der Waals surface area contributed by atoms with Crippen molar-refractivity contribution in [2.24, 2.45) is 0 Å². The molecule has 0 saturated carbocycles. The van der Waals surface area contributed by atoms with Crippen LogP contribution >= 0.6 is 0 Å². The van der Waals surface area contributed by atoms with E-state index < -0.39 is 0 Å². The number of aromatic amines is 1. The minimum absolute atomic E-state index is 0. The normalized spacial score (nSPS) is 14.1. The number of hydrogen-bond acceptors (Lipinski definition) is 1. The summed E-state index contributed by atoms with van der Waals surface area (Å²) in [5, 5.41) is 0. The maximum Gasteiger partial charge on any atom is 0.112 e. The van der Waals surface area contributed by atoms with Gasteiger partial charge in [-0.15, -0.1) is 0 Å². The molecule has 0 fully saturated rings. The van der Waals surface area contributed by atoms with Crippen molar-refractivity contribution in [1.82, 2.24) is 9.97 Å². The second kappa shape index (κ2) is 5.26. The third kappa shape index (κ3) is 2.84. The lowest BCUT2D eigenvalue weighted by molar-refractivity contribution is 0.551. The summed E-state index contributed by atoms with van der Waals surface area (Å²) >= 11 is 0. The molecule has 0 spiro atoms. The number of benzene rings is 1. The van der Waals surface area contributed by atoms with Crippen LogP contribution in [0.2, 0.25) is 0 Å². The van der Waals surface area contributed by atoms with E-state index in [2.05, 4.69) is 64.7 Å². The molecule has 1 aliphatic rings. The molecule has 0 radical (unpaired) electrons. The van der Waals surface area contributed by atoms with Crippen molar-refractivity contribution in [3.05, 3.63) is 40.8 Å². The van der Waals surface area contributed by atoms with E-state index in [0.717, 1.165) is 18.7 Å². The third-order valence-electron chi connectivity index (χ3n) is 4.36. The van der Waals surface area contributed by atoms with E-state index in [9.17, 15) is 0 Å². The number of fused-ring (bicyclic) bond motifs is 3. The average Bonchev–Trinajstić information content (AvgIpc) is 2.81. The van der Waals surface area contributed by atoms with E-state index in [1.807, 2.05) is 0 Å². The van der Waals surface area contributed by atoms with Gasteiger partial charge in [0.05, 0.1) is 5.69 Å². The molecule has 2 aromatic rings. The fraction of sp³-hybridized carbons (Fsp3) is 0.550. The van der Waals surface area contributed by atoms with E-state index in [0.29, 0.717) is 0 Å². The lowest BCUT2D eigenvalue weighted by atomic mass is 9.82. The van der Waals surface area contributed by atoms with E-state index in [1.54, 1.807) is 0 Å². The van der Waals surface area contributed by atoms with Gasteiger partial charge in [0.25, 0.3) is 0 Å². The van der Waals surface area contributed by atoms with E-state index in [4.69, 9.17) is 4.98 Å². The van der Waals surface area contributed by atoms with Gasteiger partial charge in [-0.25, -0.2) is 4.98 Å². The van der Waals surface area contributed by atoms with Gasteiger partial charge < -0.3 is 4.98 Å². The van der Waals surface area contributed by atoms with Crippen LogP contribution in [0.15, 0.2) is 18.2 Å². The average molecular weight is 298 g/mol. The smallest absolute Gasteiger partial charge is 0.112 e. The second-order valence-corrected chi connectivity index (χ2v) is 8.28. The molecule has 120 valence electrons. The highest BCUT2D eigenvalue weighted by molar-refractivity contribution is 5.69. The molecule has 2 heteroatoms. The van der Waals surface area contributed by atoms with Gasteiger partial charge in [0.1, 0.15) is 5.82 Å². The Morgan fingerprint density at radius 1 is 0.955 bits per heavy atom. The number of nitrogens with zero attached hydrogens (tertiary/aromatic N) is 1. The van der Waals surface area contributed by atoms with Crippen LogP contribution in [0.5, 0.6) is 0 Å². The maximum atomic E-state index is 4.90. The topological polar surface area (TPSA) is 28.7 Å². The predicted molar refractivity (Wildman–Crippen MR) is 95.6 cm³/mol. The number of imidazole rings is 1. The minimum atomic E-state index is 0. The van der Waals surface area contributed by atoms with Gasteiger partial charge in [-0.2, -0.15) is 0 Å². The Labute approximate surface area is 135 Å². The summed E-state index contributed by atoms with van der Waals surface area (Å²) in [6.45, 7) is 13.4. The summed E-state index contributed by atoms with van der Waals surface area (Å²) in [4.78, 5) is 8.45. The SMILES string of the molecule is C.CC(C)(C)c1ccc2c(c1)CCc1[nH]c(C(C)(C)C)nc1-2. The molecule has 0 atom stereocenters. The van der Waals surface area contributed by atoms with E-state index >= 15 is 0 Å². The Bertz CT molecular complexity index is 679. The first-order valence-electron chi connectivity index (χ1n) is 7.89. The molecule has 22 heavy (non-hydrogen) atoms. The summed E-state index contributed by atoms with van der Waals surface area (Å²) < 4.78 is 0. The highest BCUT2D eigenvalue weighted by Gasteiger charge is 2.26. The Kier molecular flexibility index (Phi) is 4.01. The van der Waals surface area contributed by atoms with Crippen LogP contribution in [0.1, 0.15) is 71.6 Å². The molecule has 1 aromatic heterocycles. The monoisotopic (exact) mass is 298 g/mol. The Hall–Kier alpha value is -1.57. The first kappa shape index (κ1) is 16.8. The largest absolute Gasteiger partial charge is 0.345 e. The van der Waals surface area contributed by atoms with Crippen molar-refractivity contribution in [3.8, 4) is 11.3 Å². The molecule has 1 aliphatic carbocycles. The molecule has 1 heterocycles. The standard InChI is InChI=1S/C19H26N2.CH4/c1-18(2,3)13-8-9-14-12(11-13)7-10-15-16(14)21-17(20-15)19(4,5)6;/h8-9,11H,7,10H2,1-6H3,(H,20,21);1H4. The molecule has 0 saturated heterocycles. The Morgan fingerprint density at radius 2 is 1.64 bits per heavy atom. The fourth-order valence-corrected chi connectivity index (χ4v) is 2.93. The summed E-state index contributed by atoms with van der Waals surface area (Å²) in [7, 11) is 0. The number of rotatable bonds is 0. The van der Waals surface area contributed by atoms with Crippen LogP contribution in [-0.4, -0.2) is 9.97 Å². The van der Waals surface area contributed by atoms with Crippen molar-refractivity contribution >= 4 is 0 Å². The number of H-pyrrole nitrogens is 1. The quantitative estimate of drug-likeness (QED) is 0.692. The summed E-state index contributed by atoms with van der Waals surface area (Å²) in [5.74, 6) is 1.10. The van der Waals surface area contributed by atoms with Crippen molar-refractivity contribution in [1.29, 1.82) is 0 Å². The molecule has 0 bridgehead atoms. The van der Waals surface area contributed by atoms with Crippen molar-refractivity contribution < 1.29 is 0 Å². The summed E-state index contributed by atoms with van der Waals surface area (Å²) in [6.07, 6.45) is 2.18. The lowest BCUT2D eigenvalue weighted by Crippen LogP contribution is -2.13. The molecular formula is C20H30N2. The van der Waals surface area contributed by atoms with Crippen molar-refractivity contribution in [3.63, 3.8) is 0 Å². The number of aryl methyl sites for hydroxylation is 2. The number of nitrogens with one attached hydrogen (secondary N) is 1. The van der Waals surface area contributed by atoms with E-state index in [-0.39, 0.29) is 18.3 Å². The molecule has 3 rings (SSSR count). The van der Waals surface area contributed by atoms with Crippen LogP contribution in [0.25, 0.3) is 11.3 Å². The number of aromatic nitrogens is 2. The Balaban J connectivity index is 0.00000176. The molecule has 0 amide bonds. The van der Waals surface area contributed by atoms with Gasteiger partial charge in [-0.3, -0.25) is 0 Å². The summed E-state index contributed by atoms with van der Waals surface area (Å²) in [6, 6.07) is 6.91. The van der Waals surface area contributed by atoms with Crippen LogP contribution in [0.4, 0.5) is 0 Å². The van der Waals surface area contributed by atoms with Gasteiger partial charge >= 0.3 is 0 Å². The van der Waals surface area contributed by atoms with Gasteiger partial charge in [0.2, 0.25) is 0 Å². The van der Waals surface area contributed by atoms with Crippen LogP contribution in [0.3, 0.4) is 0 Å². The second-order valence-electron chi connectivity index (χ2n) is 8.28. The molecule has 2 nitrogen and oxygen atoms in total. The first-order chi connectivity index (χ1) is 9.66. The van der Waals surface area contributed by atoms with Gasteiger partial charge in [-0.05, 0) is 29.4 Å². The van der Waals surface area contributed by atoms with Crippen molar-refractivity contribution in [2.75, 3.05) is 0 Å². The van der Waals surface area contributed by atoms with Gasteiger partial charge in [0.15, 0.2) is 0 Å². The molecular weight excluding hydrogens is 268 g/mol. The molecule has 0 aliphatic heterocycles. The number of hydrogen-bond donors (Lipinski definition) is 1. The first-order valence-corrected chi connectivity index (χ1v) is 7.89. The third-order valence-corrected chi connectivity index (χ3v) is 4.36. The molecule has 0 unspecified atom stereocenters. The minimum Gasteiger partial charge on any atom is -0.345 e. The van der Waals surface area contributed by atoms with Crippen molar-refractivity contribution in [2.45, 2.75) is 72.6 Å². The zero-order valence-corrected chi connectivity index (χ0v) is 14.1. The summed E-state index contributed by atoms with van der Waals surface area (Å²) in [5.41, 5.74) is 6.92. The highest BCUT2D eigenvalue weighted by atomic mass is 15.0. The van der Waals surface area contributed by atoms with Crippen LogP contribution < -0.4 is 0 Å². The van der Waals surface area contributed by atoms with Gasteiger partial charge in [-0.1, -0.05) is 67.2 Å². The highest BCUT2D eigenvalue weighted by Crippen LogP contribution is 2.36. The van der Waals surface area contributed by atoms with Gasteiger partial charge in [0, 0.05) is 16.7 Å². The zero-order valence-electron chi connectivity index (χ0n) is 14.1. The Morgan fingerprint density at radius 3 is 2.23 bits per heavy atom. The van der Waals surface area contributed by atoms with Crippen LogP contribution in [-0.2, 0) is 23.7 Å². The van der Waals surface area contributed by atoms with Crippen LogP contribution in [0, 0.1) is 0 Å². The fourth-order valence-electron chi connectivity index (χ4n) is 2.93. The molecule has 1 aromatic carbocycles. The molecule has 1 N–H and O–H groups in total. The van der Waals surface area contributed by atoms with E-state index in [1.165, 1.54) is 28.1 Å².